The normalized spacial score (nSPS) is 19.1. The molecule has 1 saturated heterocycles. The van der Waals surface area contributed by atoms with Gasteiger partial charge in [0.1, 0.15) is 0 Å². The van der Waals surface area contributed by atoms with E-state index in [1.165, 1.54) is 37.4 Å². The first-order valence-electron chi connectivity index (χ1n) is 9.20. The van der Waals surface area contributed by atoms with Crippen molar-refractivity contribution in [2.75, 3.05) is 24.5 Å². The zero-order chi connectivity index (χ0) is 17.1. The highest BCUT2D eigenvalue weighted by Crippen LogP contribution is 2.42. The summed E-state index contributed by atoms with van der Waals surface area (Å²) < 4.78 is 2.27. The van der Waals surface area contributed by atoms with Crippen LogP contribution in [0.4, 0.5) is 5.95 Å². The highest BCUT2D eigenvalue weighted by atomic mass is 32.2. The number of nitrogens with one attached hydrogen (secondary N) is 1. The molecule has 0 spiro atoms. The van der Waals surface area contributed by atoms with Gasteiger partial charge in [-0.3, -0.25) is 9.36 Å². The molecule has 1 aromatic heterocycles. The van der Waals surface area contributed by atoms with E-state index in [0.29, 0.717) is 12.0 Å². The van der Waals surface area contributed by atoms with Gasteiger partial charge in [-0.15, -0.1) is 10.2 Å². The molecule has 1 saturated carbocycles. The fourth-order valence-corrected chi connectivity index (χ4v) is 3.91. The van der Waals surface area contributed by atoms with Crippen LogP contribution < -0.4 is 10.2 Å². The van der Waals surface area contributed by atoms with Crippen LogP contribution in [0.25, 0.3) is 0 Å². The third kappa shape index (κ3) is 4.23. The Hall–Kier alpha value is -1.24. The number of thioether (sulfide) groups is 1. The number of carbonyl (C=O) groups is 1. The van der Waals surface area contributed by atoms with Crippen molar-refractivity contribution in [2.24, 2.45) is 5.92 Å². The van der Waals surface area contributed by atoms with E-state index in [9.17, 15) is 4.79 Å². The lowest BCUT2D eigenvalue weighted by Gasteiger charge is -2.18. The van der Waals surface area contributed by atoms with Gasteiger partial charge in [0.25, 0.3) is 0 Å². The molecule has 2 heterocycles. The number of amides is 1. The lowest BCUT2D eigenvalue weighted by atomic mass is 10.1. The SMILES string of the molecule is CC(C)CCNC(=O)C(C)Sc1nnc(N2CCCC2)n1C1CC1. The van der Waals surface area contributed by atoms with Crippen LogP contribution in [0.2, 0.25) is 0 Å². The number of rotatable bonds is 8. The van der Waals surface area contributed by atoms with Crippen LogP contribution in [0.15, 0.2) is 5.16 Å². The Morgan fingerprint density at radius 2 is 1.96 bits per heavy atom. The zero-order valence-electron chi connectivity index (χ0n) is 15.0. The zero-order valence-corrected chi connectivity index (χ0v) is 15.8. The first-order chi connectivity index (χ1) is 11.6. The van der Waals surface area contributed by atoms with Crippen molar-refractivity contribution in [2.45, 2.75) is 69.3 Å². The first kappa shape index (κ1) is 17.6. The molecule has 6 nitrogen and oxygen atoms in total. The number of carbonyl (C=O) groups excluding carboxylic acids is 1. The molecule has 2 aliphatic rings. The molecular formula is C17H29N5OS. The third-order valence-corrected chi connectivity index (χ3v) is 5.68. The van der Waals surface area contributed by atoms with Crippen molar-refractivity contribution in [3.8, 4) is 0 Å². The molecule has 1 amide bonds. The number of hydrogen-bond donors (Lipinski definition) is 1. The van der Waals surface area contributed by atoms with E-state index in [1.807, 2.05) is 6.92 Å². The predicted molar refractivity (Wildman–Crippen MR) is 97.5 cm³/mol. The quantitative estimate of drug-likeness (QED) is 0.730. The summed E-state index contributed by atoms with van der Waals surface area (Å²) in [6.45, 7) is 9.18. The highest BCUT2D eigenvalue weighted by molar-refractivity contribution is 8.00. The maximum Gasteiger partial charge on any atom is 0.233 e. The maximum atomic E-state index is 12.3. The number of aromatic nitrogens is 3. The minimum atomic E-state index is -0.148. The Kier molecular flexibility index (Phi) is 5.69. The second kappa shape index (κ2) is 7.76. The maximum absolute atomic E-state index is 12.3. The van der Waals surface area contributed by atoms with E-state index in [2.05, 4.69) is 38.8 Å². The molecule has 1 unspecified atom stereocenters. The number of nitrogens with zero attached hydrogens (tertiary/aromatic N) is 4. The van der Waals surface area contributed by atoms with Gasteiger partial charge in [-0.1, -0.05) is 25.6 Å². The summed E-state index contributed by atoms with van der Waals surface area (Å²) >= 11 is 1.54. The summed E-state index contributed by atoms with van der Waals surface area (Å²) in [6.07, 6.45) is 5.87. The average molecular weight is 352 g/mol. The van der Waals surface area contributed by atoms with Gasteiger partial charge in [-0.2, -0.15) is 0 Å². The van der Waals surface area contributed by atoms with Crippen molar-refractivity contribution in [3.63, 3.8) is 0 Å². The third-order valence-electron chi connectivity index (χ3n) is 4.62. The molecule has 1 aliphatic heterocycles. The largest absolute Gasteiger partial charge is 0.355 e. The summed E-state index contributed by atoms with van der Waals surface area (Å²) in [5, 5.41) is 12.6. The smallest absolute Gasteiger partial charge is 0.233 e. The van der Waals surface area contributed by atoms with E-state index in [-0.39, 0.29) is 11.2 Å². The van der Waals surface area contributed by atoms with Crippen LogP contribution in [0, 0.1) is 5.92 Å². The fourth-order valence-electron chi connectivity index (χ4n) is 2.97. The van der Waals surface area contributed by atoms with Crippen molar-refractivity contribution in [3.05, 3.63) is 0 Å². The van der Waals surface area contributed by atoms with Crippen molar-refractivity contribution in [1.82, 2.24) is 20.1 Å². The summed E-state index contributed by atoms with van der Waals surface area (Å²) in [6, 6.07) is 0.523. The molecule has 0 radical (unpaired) electrons. The summed E-state index contributed by atoms with van der Waals surface area (Å²) in [7, 11) is 0. The predicted octanol–water partition coefficient (Wildman–Crippen LogP) is 2.86. The fraction of sp³-hybridized carbons (Fsp3) is 0.824. The molecule has 1 N–H and O–H groups in total. The van der Waals surface area contributed by atoms with Crippen LogP contribution in [0.5, 0.6) is 0 Å². The van der Waals surface area contributed by atoms with Crippen molar-refractivity contribution >= 4 is 23.6 Å². The Labute approximate surface area is 148 Å². The van der Waals surface area contributed by atoms with Gasteiger partial charge in [0, 0.05) is 25.7 Å². The lowest BCUT2D eigenvalue weighted by molar-refractivity contribution is -0.120. The molecule has 134 valence electrons. The van der Waals surface area contributed by atoms with Gasteiger partial charge in [-0.05, 0) is 44.9 Å². The standard InChI is InChI=1S/C17H29N5OS/c1-12(2)8-9-18-15(23)13(3)24-17-20-19-16(21-10-4-5-11-21)22(17)14-6-7-14/h12-14H,4-11H2,1-3H3,(H,18,23). The summed E-state index contributed by atoms with van der Waals surface area (Å²) in [5.41, 5.74) is 0. The molecule has 3 rings (SSSR count). The van der Waals surface area contributed by atoms with Crippen LogP contribution in [-0.2, 0) is 4.79 Å². The second-order valence-electron chi connectivity index (χ2n) is 7.31. The Morgan fingerprint density at radius 1 is 1.25 bits per heavy atom. The van der Waals surface area contributed by atoms with E-state index in [4.69, 9.17) is 0 Å². The van der Waals surface area contributed by atoms with Gasteiger partial charge in [0.2, 0.25) is 11.9 Å². The molecule has 1 atom stereocenters. The summed E-state index contributed by atoms with van der Waals surface area (Å²) in [4.78, 5) is 14.6. The molecule has 7 heteroatoms. The molecule has 1 aliphatic carbocycles. The van der Waals surface area contributed by atoms with Gasteiger partial charge < -0.3 is 10.2 Å². The lowest BCUT2D eigenvalue weighted by Crippen LogP contribution is -2.32. The topological polar surface area (TPSA) is 63.1 Å². The van der Waals surface area contributed by atoms with Crippen LogP contribution >= 0.6 is 11.8 Å². The van der Waals surface area contributed by atoms with Crippen LogP contribution in [-0.4, -0.2) is 45.6 Å². The van der Waals surface area contributed by atoms with Gasteiger partial charge in [0.05, 0.1) is 5.25 Å². The molecule has 2 fully saturated rings. The average Bonchev–Trinajstić information content (AvgIpc) is 3.07. The molecule has 0 bridgehead atoms. The van der Waals surface area contributed by atoms with E-state index in [1.54, 1.807) is 0 Å². The van der Waals surface area contributed by atoms with E-state index >= 15 is 0 Å². The second-order valence-corrected chi connectivity index (χ2v) is 8.62. The number of hydrogen-bond acceptors (Lipinski definition) is 5. The van der Waals surface area contributed by atoms with Crippen molar-refractivity contribution < 1.29 is 4.79 Å². The molecule has 0 aromatic carbocycles. The monoisotopic (exact) mass is 351 g/mol. The Bertz CT molecular complexity index is 563. The van der Waals surface area contributed by atoms with E-state index in [0.717, 1.165) is 37.2 Å². The van der Waals surface area contributed by atoms with Gasteiger partial charge in [0.15, 0.2) is 5.16 Å². The summed E-state index contributed by atoms with van der Waals surface area (Å²) in [5.74, 6) is 1.70. The molecular weight excluding hydrogens is 322 g/mol. The van der Waals surface area contributed by atoms with Gasteiger partial charge in [-0.25, -0.2) is 0 Å². The minimum absolute atomic E-state index is 0.0914. The Balaban J connectivity index is 1.63. The van der Waals surface area contributed by atoms with Crippen molar-refractivity contribution in [1.29, 1.82) is 0 Å². The van der Waals surface area contributed by atoms with E-state index < -0.39 is 0 Å². The minimum Gasteiger partial charge on any atom is -0.355 e. The van der Waals surface area contributed by atoms with Crippen LogP contribution in [0.1, 0.15) is 58.9 Å². The molecule has 1 aromatic rings. The highest BCUT2D eigenvalue weighted by Gasteiger charge is 2.33. The van der Waals surface area contributed by atoms with Crippen LogP contribution in [0.3, 0.4) is 0 Å². The van der Waals surface area contributed by atoms with Gasteiger partial charge >= 0.3 is 0 Å². The molecule has 24 heavy (non-hydrogen) atoms. The first-order valence-corrected chi connectivity index (χ1v) is 10.1. The number of anilines is 1. The Morgan fingerprint density at radius 3 is 2.58 bits per heavy atom.